The molecule has 1 amide bonds. The largest absolute Gasteiger partial charge is 0.388 e. The second kappa shape index (κ2) is 14.4. The Morgan fingerprint density at radius 3 is 2.38 bits per heavy atom. The first-order valence-corrected chi connectivity index (χ1v) is 13.6. The molecule has 4 rings (SSSR count). The Balaban J connectivity index is 0.000000284. The Morgan fingerprint density at radius 2 is 1.86 bits per heavy atom. The Hall–Kier alpha value is -3.81. The van der Waals surface area contributed by atoms with Crippen LogP contribution < -0.4 is 11.5 Å². The molecule has 0 spiro atoms. The summed E-state index contributed by atoms with van der Waals surface area (Å²) in [5.41, 5.74) is 15.6. The maximum Gasteiger partial charge on any atom is 0.388 e. The van der Waals surface area contributed by atoms with Crippen LogP contribution in [0.5, 0.6) is 0 Å². The van der Waals surface area contributed by atoms with Crippen molar-refractivity contribution in [2.75, 3.05) is 31.2 Å². The number of anilines is 2. The Labute approximate surface area is 242 Å². The predicted molar refractivity (Wildman–Crippen MR) is 156 cm³/mol. The number of aliphatic hydroxyl groups excluding tert-OH is 1. The van der Waals surface area contributed by atoms with Gasteiger partial charge in [0.15, 0.2) is 5.82 Å². The van der Waals surface area contributed by atoms with Crippen LogP contribution in [0.3, 0.4) is 0 Å². The molecule has 0 saturated carbocycles. The number of rotatable bonds is 4. The Bertz CT molecular complexity index is 1390. The van der Waals surface area contributed by atoms with Crippen LogP contribution in [0.4, 0.5) is 35.0 Å². The van der Waals surface area contributed by atoms with Crippen molar-refractivity contribution in [1.29, 1.82) is 0 Å². The first kappa shape index (κ1) is 34.4. The molecule has 3 aromatic rings. The lowest BCUT2D eigenvalue weighted by Crippen LogP contribution is -2.47. The van der Waals surface area contributed by atoms with Gasteiger partial charge in [0, 0.05) is 30.4 Å². The molecule has 1 atom stereocenters. The third-order valence-electron chi connectivity index (χ3n) is 6.56. The standard InChI is InChI=1S/C17H21N7.C8H14FNO2.C3H5F3/c1-9(2)10(3)20-13-5-6-14(21-11(13)4)12-7-8-24-15(12)16(18)22-17(19)23-24;1-8(9)3-2-4-10(6-8)7(12)5-11;1-2-3(4,5)6/h5-9H,1-4H3,(H4,18,19,22,23);11H,2-6H2,1H3;2H2,1H3. The minimum Gasteiger partial charge on any atom is -0.387 e. The Kier molecular flexibility index (Phi) is 11.8. The highest BCUT2D eigenvalue weighted by Crippen LogP contribution is 2.30. The summed E-state index contributed by atoms with van der Waals surface area (Å²) in [6.07, 6.45) is -1.71. The predicted octanol–water partition coefficient (Wildman–Crippen LogP) is 5.30. The molecule has 1 unspecified atom stereocenters. The van der Waals surface area contributed by atoms with Crippen molar-refractivity contribution in [3.63, 3.8) is 0 Å². The highest BCUT2D eigenvalue weighted by Gasteiger charge is 2.32. The quantitative estimate of drug-likeness (QED) is 0.273. The molecule has 3 aromatic heterocycles. The molecule has 42 heavy (non-hydrogen) atoms. The molecule has 0 bridgehead atoms. The summed E-state index contributed by atoms with van der Waals surface area (Å²) in [6, 6.07) is 5.82. The zero-order chi connectivity index (χ0) is 31.8. The van der Waals surface area contributed by atoms with Gasteiger partial charge in [0.25, 0.3) is 0 Å². The number of piperidine rings is 1. The van der Waals surface area contributed by atoms with Crippen molar-refractivity contribution in [2.24, 2.45) is 10.9 Å². The lowest BCUT2D eigenvalue weighted by molar-refractivity contribution is -0.138. The van der Waals surface area contributed by atoms with E-state index in [0.717, 1.165) is 35.3 Å². The average Bonchev–Trinajstić information content (AvgIpc) is 3.33. The van der Waals surface area contributed by atoms with Crippen LogP contribution >= 0.6 is 0 Å². The number of halogens is 4. The molecule has 1 aliphatic rings. The maximum absolute atomic E-state index is 13.3. The zero-order valence-electron chi connectivity index (χ0n) is 24.8. The number of nitrogen functional groups attached to an aromatic ring is 2. The second-order valence-corrected chi connectivity index (χ2v) is 10.5. The summed E-state index contributed by atoms with van der Waals surface area (Å²) in [6.45, 7) is 11.0. The SMILES string of the molecule is CC(=Nc1ccc(-c2ccn3nc(N)nc(N)c23)nc1C)C(C)C.CC1(F)CCCN(C(=O)CO)C1.CCC(F)(F)F. The normalized spacial score (nSPS) is 17.4. The van der Waals surface area contributed by atoms with Gasteiger partial charge in [-0.05, 0) is 57.7 Å². The molecule has 1 aliphatic heterocycles. The van der Waals surface area contributed by atoms with E-state index in [0.29, 0.717) is 36.6 Å². The smallest absolute Gasteiger partial charge is 0.387 e. The topological polar surface area (TPSA) is 148 Å². The lowest BCUT2D eigenvalue weighted by Gasteiger charge is -2.34. The number of carbonyl (C=O) groups excluding carboxylic acids is 1. The number of hydrogen-bond acceptors (Lipinski definition) is 8. The number of nitrogens with zero attached hydrogens (tertiary/aromatic N) is 6. The van der Waals surface area contributed by atoms with Crippen molar-refractivity contribution in [3.8, 4) is 11.3 Å². The minimum absolute atomic E-state index is 0.117. The molecule has 14 heteroatoms. The molecule has 1 saturated heterocycles. The molecule has 5 N–H and O–H groups in total. The van der Waals surface area contributed by atoms with E-state index >= 15 is 0 Å². The molecule has 0 aromatic carbocycles. The van der Waals surface area contributed by atoms with Crippen LogP contribution in [-0.4, -0.2) is 72.7 Å². The molecular formula is C28H40F4N8O2. The molecule has 0 radical (unpaired) electrons. The third-order valence-corrected chi connectivity index (χ3v) is 6.56. The summed E-state index contributed by atoms with van der Waals surface area (Å²) < 4.78 is 47.3. The van der Waals surface area contributed by atoms with E-state index < -0.39 is 24.9 Å². The molecule has 4 heterocycles. The van der Waals surface area contributed by atoms with Gasteiger partial charge in [-0.2, -0.15) is 18.2 Å². The first-order valence-electron chi connectivity index (χ1n) is 13.6. The number of aliphatic hydroxyl groups is 1. The van der Waals surface area contributed by atoms with Gasteiger partial charge in [-0.3, -0.25) is 14.8 Å². The number of fused-ring (bicyclic) bond motifs is 1. The second-order valence-electron chi connectivity index (χ2n) is 10.5. The first-order chi connectivity index (χ1) is 19.5. The summed E-state index contributed by atoms with van der Waals surface area (Å²) in [5.74, 6) is 0.500. The third kappa shape index (κ3) is 9.93. The monoisotopic (exact) mass is 596 g/mol. The molecular weight excluding hydrogens is 556 g/mol. The maximum atomic E-state index is 13.3. The van der Waals surface area contributed by atoms with E-state index in [1.165, 1.54) is 11.8 Å². The summed E-state index contributed by atoms with van der Waals surface area (Å²) >= 11 is 0. The van der Waals surface area contributed by atoms with Gasteiger partial charge >= 0.3 is 6.18 Å². The van der Waals surface area contributed by atoms with Crippen molar-refractivity contribution >= 4 is 34.6 Å². The average molecular weight is 597 g/mol. The van der Waals surface area contributed by atoms with E-state index in [4.69, 9.17) is 16.6 Å². The van der Waals surface area contributed by atoms with Crippen LogP contribution in [-0.2, 0) is 4.79 Å². The van der Waals surface area contributed by atoms with Gasteiger partial charge in [-0.25, -0.2) is 8.91 Å². The number of nitrogens with two attached hydrogens (primary N) is 2. The lowest BCUT2D eigenvalue weighted by atomic mass is 9.97. The van der Waals surface area contributed by atoms with E-state index in [9.17, 15) is 22.4 Å². The zero-order valence-corrected chi connectivity index (χ0v) is 24.8. The fourth-order valence-electron chi connectivity index (χ4n) is 3.92. The van der Waals surface area contributed by atoms with Crippen LogP contribution in [0.2, 0.25) is 0 Å². The van der Waals surface area contributed by atoms with Crippen molar-refractivity contribution in [2.45, 2.75) is 72.6 Å². The minimum atomic E-state index is -3.96. The molecule has 10 nitrogen and oxygen atoms in total. The number of pyridine rings is 1. The van der Waals surface area contributed by atoms with E-state index in [-0.39, 0.29) is 18.4 Å². The van der Waals surface area contributed by atoms with E-state index in [2.05, 4.69) is 33.9 Å². The number of aromatic nitrogens is 4. The van der Waals surface area contributed by atoms with Gasteiger partial charge in [-0.1, -0.05) is 20.8 Å². The molecule has 1 fully saturated rings. The number of aryl methyl sites for hydroxylation is 1. The van der Waals surface area contributed by atoms with E-state index in [1.807, 2.05) is 32.0 Å². The fraction of sp³-hybridized carbons (Fsp3) is 0.536. The van der Waals surface area contributed by atoms with Gasteiger partial charge in [0.2, 0.25) is 11.9 Å². The number of amides is 1. The van der Waals surface area contributed by atoms with Gasteiger partial charge in [0.1, 0.15) is 17.8 Å². The molecule has 232 valence electrons. The van der Waals surface area contributed by atoms with Gasteiger partial charge in [-0.15, -0.1) is 5.10 Å². The van der Waals surface area contributed by atoms with Gasteiger partial charge in [0.05, 0.1) is 23.6 Å². The highest BCUT2D eigenvalue weighted by molar-refractivity contribution is 5.88. The van der Waals surface area contributed by atoms with Gasteiger partial charge < -0.3 is 21.5 Å². The number of aliphatic imine (C=N–C) groups is 1. The summed E-state index contributed by atoms with van der Waals surface area (Å²) in [5, 5.41) is 12.7. The Morgan fingerprint density at radius 1 is 1.21 bits per heavy atom. The molecule has 0 aliphatic carbocycles. The van der Waals surface area contributed by atoms with E-state index in [1.54, 1.807) is 10.7 Å². The van der Waals surface area contributed by atoms with Crippen LogP contribution in [0.25, 0.3) is 16.8 Å². The van der Waals surface area contributed by atoms with Crippen LogP contribution in [0, 0.1) is 12.8 Å². The number of alkyl halides is 4. The van der Waals surface area contributed by atoms with Crippen molar-refractivity contribution < 1.29 is 27.5 Å². The van der Waals surface area contributed by atoms with Crippen molar-refractivity contribution in [1.82, 2.24) is 24.5 Å². The van der Waals surface area contributed by atoms with Crippen LogP contribution in [0.1, 0.15) is 59.6 Å². The highest BCUT2D eigenvalue weighted by atomic mass is 19.4. The fourth-order valence-corrected chi connectivity index (χ4v) is 3.92. The number of likely N-dealkylation sites (tertiary alicyclic amines) is 1. The van der Waals surface area contributed by atoms with Crippen molar-refractivity contribution in [3.05, 3.63) is 30.1 Å². The summed E-state index contributed by atoms with van der Waals surface area (Å²) in [4.78, 5) is 25.7. The number of carbonyl (C=O) groups is 1. The number of hydrogen-bond donors (Lipinski definition) is 3. The van der Waals surface area contributed by atoms with Crippen LogP contribution in [0.15, 0.2) is 29.4 Å². The summed E-state index contributed by atoms with van der Waals surface area (Å²) in [7, 11) is 0.